The Hall–Kier alpha value is -0.950. The minimum atomic E-state index is -3.47. The van der Waals surface area contributed by atoms with Gasteiger partial charge in [-0.05, 0) is 11.0 Å². The van der Waals surface area contributed by atoms with Gasteiger partial charge in [-0.2, -0.15) is 17.4 Å². The van der Waals surface area contributed by atoms with Crippen molar-refractivity contribution in [2.75, 3.05) is 26.2 Å². The third-order valence-corrected chi connectivity index (χ3v) is 5.26. The highest BCUT2D eigenvalue weighted by molar-refractivity contribution is 7.87. The molecular formula is C15H25N3O2S. The van der Waals surface area contributed by atoms with Crippen molar-refractivity contribution >= 4 is 10.2 Å². The van der Waals surface area contributed by atoms with Crippen molar-refractivity contribution in [3.8, 4) is 0 Å². The number of nitrogens with zero attached hydrogens (tertiary/aromatic N) is 1. The molecule has 0 spiro atoms. The van der Waals surface area contributed by atoms with E-state index in [1.165, 1.54) is 4.31 Å². The summed E-state index contributed by atoms with van der Waals surface area (Å²) in [6.45, 7) is 8.57. The quantitative estimate of drug-likeness (QED) is 0.886. The summed E-state index contributed by atoms with van der Waals surface area (Å²) in [5, 5.41) is 3.17. The monoisotopic (exact) mass is 311 g/mol. The molecule has 1 heterocycles. The lowest BCUT2D eigenvalue weighted by Gasteiger charge is -2.35. The maximum Gasteiger partial charge on any atom is 0.280 e. The highest BCUT2D eigenvalue weighted by atomic mass is 32.2. The first-order valence-corrected chi connectivity index (χ1v) is 8.78. The molecule has 1 aliphatic rings. The first-order chi connectivity index (χ1) is 9.81. The van der Waals surface area contributed by atoms with Crippen LogP contribution in [0.25, 0.3) is 0 Å². The first kappa shape index (κ1) is 16.4. The van der Waals surface area contributed by atoms with Crippen molar-refractivity contribution in [1.29, 1.82) is 0 Å². The van der Waals surface area contributed by atoms with Crippen LogP contribution in [0.5, 0.6) is 0 Å². The summed E-state index contributed by atoms with van der Waals surface area (Å²) >= 11 is 0. The van der Waals surface area contributed by atoms with Gasteiger partial charge in [0, 0.05) is 26.2 Å². The molecule has 0 bridgehead atoms. The zero-order valence-electron chi connectivity index (χ0n) is 13.0. The highest BCUT2D eigenvalue weighted by Gasteiger charge is 2.33. The van der Waals surface area contributed by atoms with Crippen molar-refractivity contribution in [1.82, 2.24) is 14.3 Å². The molecule has 1 aromatic rings. The van der Waals surface area contributed by atoms with Crippen LogP contribution in [0.4, 0.5) is 0 Å². The van der Waals surface area contributed by atoms with Gasteiger partial charge in [-0.25, -0.2) is 0 Å². The maximum absolute atomic E-state index is 12.6. The van der Waals surface area contributed by atoms with Crippen LogP contribution in [-0.4, -0.2) is 38.9 Å². The third-order valence-electron chi connectivity index (χ3n) is 3.68. The number of hydrogen-bond donors (Lipinski definition) is 2. The molecule has 0 aromatic heterocycles. The lowest BCUT2D eigenvalue weighted by atomic mass is 9.83. The number of rotatable bonds is 4. The van der Waals surface area contributed by atoms with Gasteiger partial charge in [0.05, 0.1) is 6.04 Å². The minimum absolute atomic E-state index is 0.206. The van der Waals surface area contributed by atoms with Crippen LogP contribution in [0.15, 0.2) is 30.3 Å². The zero-order valence-corrected chi connectivity index (χ0v) is 13.8. The molecule has 1 atom stereocenters. The molecule has 0 saturated carbocycles. The van der Waals surface area contributed by atoms with Crippen LogP contribution in [0, 0.1) is 5.41 Å². The molecule has 118 valence electrons. The fourth-order valence-electron chi connectivity index (χ4n) is 2.50. The van der Waals surface area contributed by atoms with Gasteiger partial charge in [-0.3, -0.25) is 0 Å². The molecule has 6 heteroatoms. The van der Waals surface area contributed by atoms with Gasteiger partial charge >= 0.3 is 0 Å². The SMILES string of the molecule is CC(C)(C)C(NS(=O)(=O)N1CCNCC1)c1ccccc1. The molecular weight excluding hydrogens is 286 g/mol. The normalized spacial score (nSPS) is 19.4. The second kappa shape index (κ2) is 6.44. The first-order valence-electron chi connectivity index (χ1n) is 7.34. The molecule has 21 heavy (non-hydrogen) atoms. The lowest BCUT2D eigenvalue weighted by Crippen LogP contribution is -2.52. The van der Waals surface area contributed by atoms with E-state index in [-0.39, 0.29) is 11.5 Å². The van der Waals surface area contributed by atoms with Crippen molar-refractivity contribution in [3.05, 3.63) is 35.9 Å². The Bertz CT molecular complexity index is 546. The zero-order chi connectivity index (χ0) is 15.5. The maximum atomic E-state index is 12.6. The standard InChI is InChI=1S/C15H25N3O2S/c1-15(2,3)14(13-7-5-4-6-8-13)17-21(19,20)18-11-9-16-10-12-18/h4-8,14,16-17H,9-12H2,1-3H3. The highest BCUT2D eigenvalue weighted by Crippen LogP contribution is 2.33. The predicted octanol–water partition coefficient (Wildman–Crippen LogP) is 1.51. The summed E-state index contributed by atoms with van der Waals surface area (Å²) in [5.74, 6) is 0. The van der Waals surface area contributed by atoms with Crippen LogP contribution >= 0.6 is 0 Å². The van der Waals surface area contributed by atoms with Gasteiger partial charge in [0.2, 0.25) is 0 Å². The van der Waals surface area contributed by atoms with Gasteiger partial charge in [0.15, 0.2) is 0 Å². The molecule has 0 radical (unpaired) electrons. The molecule has 1 fully saturated rings. The Morgan fingerprint density at radius 1 is 1.14 bits per heavy atom. The molecule has 0 amide bonds. The average Bonchev–Trinajstić information content (AvgIpc) is 2.46. The summed E-state index contributed by atoms with van der Waals surface area (Å²) in [5.41, 5.74) is 0.784. The van der Waals surface area contributed by atoms with E-state index in [0.717, 1.165) is 5.56 Å². The fraction of sp³-hybridized carbons (Fsp3) is 0.600. The van der Waals surface area contributed by atoms with Gasteiger partial charge in [0.25, 0.3) is 10.2 Å². The summed E-state index contributed by atoms with van der Waals surface area (Å²) in [6.07, 6.45) is 0. The van der Waals surface area contributed by atoms with Gasteiger partial charge in [0.1, 0.15) is 0 Å². The van der Waals surface area contributed by atoms with Crippen molar-refractivity contribution < 1.29 is 8.42 Å². The number of piperazine rings is 1. The van der Waals surface area contributed by atoms with Gasteiger partial charge in [-0.1, -0.05) is 51.1 Å². The topological polar surface area (TPSA) is 61.4 Å². The minimum Gasteiger partial charge on any atom is -0.314 e. The third kappa shape index (κ3) is 4.26. The molecule has 2 rings (SSSR count). The van der Waals surface area contributed by atoms with E-state index >= 15 is 0 Å². The van der Waals surface area contributed by atoms with Crippen molar-refractivity contribution in [2.24, 2.45) is 5.41 Å². The largest absolute Gasteiger partial charge is 0.314 e. The summed E-state index contributed by atoms with van der Waals surface area (Å²) in [4.78, 5) is 0. The summed E-state index contributed by atoms with van der Waals surface area (Å²) in [7, 11) is -3.47. The molecule has 1 aromatic carbocycles. The van der Waals surface area contributed by atoms with E-state index < -0.39 is 10.2 Å². The molecule has 1 saturated heterocycles. The van der Waals surface area contributed by atoms with E-state index in [2.05, 4.69) is 10.0 Å². The molecule has 2 N–H and O–H groups in total. The van der Waals surface area contributed by atoms with E-state index in [4.69, 9.17) is 0 Å². The number of hydrogen-bond acceptors (Lipinski definition) is 3. The van der Waals surface area contributed by atoms with Crippen LogP contribution in [0.1, 0.15) is 32.4 Å². The van der Waals surface area contributed by atoms with E-state index in [0.29, 0.717) is 26.2 Å². The van der Waals surface area contributed by atoms with Crippen molar-refractivity contribution in [2.45, 2.75) is 26.8 Å². The summed E-state index contributed by atoms with van der Waals surface area (Å²) in [6, 6.07) is 9.50. The molecule has 0 aliphatic carbocycles. The van der Waals surface area contributed by atoms with Gasteiger partial charge < -0.3 is 5.32 Å². The molecule has 5 nitrogen and oxygen atoms in total. The predicted molar refractivity (Wildman–Crippen MR) is 85.1 cm³/mol. The van der Waals surface area contributed by atoms with Gasteiger partial charge in [-0.15, -0.1) is 0 Å². The Balaban J connectivity index is 2.23. The second-order valence-electron chi connectivity index (χ2n) is 6.48. The molecule has 1 unspecified atom stereocenters. The summed E-state index contributed by atoms with van der Waals surface area (Å²) < 4.78 is 29.6. The van der Waals surface area contributed by atoms with Crippen molar-refractivity contribution in [3.63, 3.8) is 0 Å². The van der Waals surface area contributed by atoms with Crippen LogP contribution in [0.3, 0.4) is 0 Å². The van der Waals surface area contributed by atoms with E-state index in [1.807, 2.05) is 51.1 Å². The number of nitrogens with one attached hydrogen (secondary N) is 2. The Morgan fingerprint density at radius 2 is 1.71 bits per heavy atom. The van der Waals surface area contributed by atoms with Crippen LogP contribution < -0.4 is 10.0 Å². The lowest BCUT2D eigenvalue weighted by molar-refractivity contribution is 0.289. The van der Waals surface area contributed by atoms with E-state index in [9.17, 15) is 8.42 Å². The smallest absolute Gasteiger partial charge is 0.280 e. The Kier molecular flexibility index (Phi) is 5.03. The Morgan fingerprint density at radius 3 is 2.24 bits per heavy atom. The average molecular weight is 311 g/mol. The number of benzene rings is 1. The Labute approximate surface area is 127 Å². The van der Waals surface area contributed by atoms with E-state index in [1.54, 1.807) is 0 Å². The van der Waals surface area contributed by atoms with Crippen LogP contribution in [-0.2, 0) is 10.2 Å². The second-order valence-corrected chi connectivity index (χ2v) is 8.18. The fourth-order valence-corrected chi connectivity index (χ4v) is 4.10. The van der Waals surface area contributed by atoms with Crippen LogP contribution in [0.2, 0.25) is 0 Å². The molecule has 1 aliphatic heterocycles.